The van der Waals surface area contributed by atoms with Gasteiger partial charge in [-0.3, -0.25) is 0 Å². The minimum absolute atomic E-state index is 0.109. The predicted octanol–water partition coefficient (Wildman–Crippen LogP) is 17.3. The van der Waals surface area contributed by atoms with Crippen LogP contribution in [0.3, 0.4) is 0 Å². The molecule has 1 heteroatoms. The fraction of sp³-hybridized carbons (Fsp3) is 0.0154. The highest BCUT2D eigenvalue weighted by Crippen LogP contribution is 2.57. The van der Waals surface area contributed by atoms with Crippen molar-refractivity contribution in [3.63, 3.8) is 0 Å². The molecule has 310 valence electrons. The SMILES string of the molecule is [2H]c1c([2H])c(N(c2ccc(-c3cccc(-c4ccccc4)c3)cc2)c2ccc3c(c2)C(c2ccccc2)(c2ccccc2)c2ccccc2-3)c([2H])c([2H])c1-c1cccc(-c2cccc3ccccc23)c1. The van der Waals surface area contributed by atoms with E-state index in [4.69, 9.17) is 0 Å². The summed E-state index contributed by atoms with van der Waals surface area (Å²) in [5.74, 6) is 0. The lowest BCUT2D eigenvalue weighted by Crippen LogP contribution is -2.28. The Labute approximate surface area is 392 Å². The maximum atomic E-state index is 9.93. The molecule has 66 heavy (non-hydrogen) atoms. The Morgan fingerprint density at radius 2 is 0.773 bits per heavy atom. The average molecular weight is 844 g/mol. The summed E-state index contributed by atoms with van der Waals surface area (Å²) in [6, 6.07) is 85.3. The number of fused-ring (bicyclic) bond motifs is 4. The van der Waals surface area contributed by atoms with E-state index in [9.17, 15) is 5.48 Å². The molecule has 0 atom stereocenters. The van der Waals surface area contributed by atoms with Gasteiger partial charge in [-0.1, -0.05) is 224 Å². The largest absolute Gasteiger partial charge is 0.310 e. The molecule has 0 saturated heterocycles. The van der Waals surface area contributed by atoms with Gasteiger partial charge in [0.05, 0.1) is 10.9 Å². The minimum Gasteiger partial charge on any atom is -0.310 e. The first kappa shape index (κ1) is 34.9. The molecule has 1 aliphatic carbocycles. The summed E-state index contributed by atoms with van der Waals surface area (Å²) in [5.41, 5.74) is 14.8. The number of hydrogen-bond donors (Lipinski definition) is 0. The van der Waals surface area contributed by atoms with Crippen molar-refractivity contribution in [3.8, 4) is 55.6 Å². The van der Waals surface area contributed by atoms with E-state index in [1.165, 1.54) is 5.56 Å². The first-order valence-electron chi connectivity index (χ1n) is 24.5. The van der Waals surface area contributed by atoms with Gasteiger partial charge in [-0.2, -0.15) is 0 Å². The molecule has 1 nitrogen and oxygen atoms in total. The Morgan fingerprint density at radius 1 is 0.288 bits per heavy atom. The average Bonchev–Trinajstić information content (AvgIpc) is 3.73. The third-order valence-corrected chi connectivity index (χ3v) is 13.2. The van der Waals surface area contributed by atoms with Crippen LogP contribution in [0.25, 0.3) is 66.4 Å². The smallest absolute Gasteiger partial charge is 0.0714 e. The molecule has 0 amide bonds. The molecule has 11 aromatic rings. The van der Waals surface area contributed by atoms with Crippen molar-refractivity contribution in [3.05, 3.63) is 295 Å². The fourth-order valence-electron chi connectivity index (χ4n) is 10.2. The molecule has 1 aliphatic rings. The second-order valence-electron chi connectivity index (χ2n) is 16.9. The summed E-state index contributed by atoms with van der Waals surface area (Å²) < 4.78 is 39.4. The molecule has 12 rings (SSSR count). The van der Waals surface area contributed by atoms with Crippen molar-refractivity contribution in [2.24, 2.45) is 0 Å². The predicted molar refractivity (Wildman–Crippen MR) is 278 cm³/mol. The second-order valence-corrected chi connectivity index (χ2v) is 16.9. The maximum Gasteiger partial charge on any atom is 0.0714 e. The lowest BCUT2D eigenvalue weighted by molar-refractivity contribution is 0.768. The van der Waals surface area contributed by atoms with Crippen LogP contribution in [0.1, 0.15) is 27.7 Å². The third kappa shape index (κ3) is 6.73. The zero-order valence-corrected chi connectivity index (χ0v) is 36.1. The number of benzene rings is 11. The van der Waals surface area contributed by atoms with Gasteiger partial charge in [0.25, 0.3) is 0 Å². The molecule has 11 aromatic carbocycles. The van der Waals surface area contributed by atoms with Crippen LogP contribution in [0.5, 0.6) is 0 Å². The zero-order chi connectivity index (χ0) is 47.3. The van der Waals surface area contributed by atoms with Crippen LogP contribution >= 0.6 is 0 Å². The van der Waals surface area contributed by atoms with E-state index in [0.29, 0.717) is 16.9 Å². The monoisotopic (exact) mass is 843 g/mol. The molecule has 0 bridgehead atoms. The van der Waals surface area contributed by atoms with Crippen molar-refractivity contribution < 1.29 is 5.48 Å². The van der Waals surface area contributed by atoms with E-state index < -0.39 is 5.41 Å². The molecule has 0 N–H and O–H groups in total. The number of rotatable bonds is 9. The molecule has 0 aliphatic heterocycles. The molecular weight excluding hydrogens is 795 g/mol. The molecule has 0 fully saturated rings. The van der Waals surface area contributed by atoms with Gasteiger partial charge in [-0.15, -0.1) is 0 Å². The topological polar surface area (TPSA) is 3.24 Å². The van der Waals surface area contributed by atoms with Crippen LogP contribution < -0.4 is 4.90 Å². The highest BCUT2D eigenvalue weighted by Gasteiger charge is 2.46. The van der Waals surface area contributed by atoms with E-state index in [-0.39, 0.29) is 35.4 Å². The zero-order valence-electron chi connectivity index (χ0n) is 40.1. The first-order chi connectivity index (χ1) is 34.4. The Morgan fingerprint density at radius 3 is 1.48 bits per heavy atom. The molecule has 0 radical (unpaired) electrons. The van der Waals surface area contributed by atoms with Gasteiger partial charge in [0.1, 0.15) is 0 Å². The van der Waals surface area contributed by atoms with Crippen LogP contribution in [0.2, 0.25) is 0 Å². The van der Waals surface area contributed by atoms with Gasteiger partial charge in [-0.25, -0.2) is 0 Å². The Bertz CT molecular complexity index is 3680. The van der Waals surface area contributed by atoms with E-state index in [0.717, 1.165) is 72.0 Å². The summed E-state index contributed by atoms with van der Waals surface area (Å²) in [4.78, 5) is 1.92. The van der Waals surface area contributed by atoms with Gasteiger partial charge in [0.15, 0.2) is 0 Å². The lowest BCUT2D eigenvalue weighted by Gasteiger charge is -2.35. The van der Waals surface area contributed by atoms with Crippen molar-refractivity contribution in [2.75, 3.05) is 4.90 Å². The van der Waals surface area contributed by atoms with Crippen molar-refractivity contribution in [2.45, 2.75) is 5.41 Å². The van der Waals surface area contributed by atoms with Crippen molar-refractivity contribution >= 4 is 27.8 Å². The summed E-state index contributed by atoms with van der Waals surface area (Å²) in [7, 11) is 0. The molecule has 0 heterocycles. The van der Waals surface area contributed by atoms with Gasteiger partial charge >= 0.3 is 0 Å². The number of hydrogen-bond acceptors (Lipinski definition) is 1. The van der Waals surface area contributed by atoms with Gasteiger partial charge < -0.3 is 4.90 Å². The highest BCUT2D eigenvalue weighted by molar-refractivity contribution is 5.97. The molecule has 0 spiro atoms. The maximum absolute atomic E-state index is 9.93. The molecule has 0 unspecified atom stereocenters. The first-order valence-corrected chi connectivity index (χ1v) is 22.5. The summed E-state index contributed by atoms with van der Waals surface area (Å²) >= 11 is 0. The highest BCUT2D eigenvalue weighted by atomic mass is 15.1. The summed E-state index contributed by atoms with van der Waals surface area (Å²) in [6.07, 6.45) is 0. The van der Waals surface area contributed by atoms with E-state index in [2.05, 4.69) is 188 Å². The second kappa shape index (κ2) is 16.6. The van der Waals surface area contributed by atoms with Crippen LogP contribution in [0, 0.1) is 0 Å². The molecular formula is C65H45N. The van der Waals surface area contributed by atoms with Gasteiger partial charge in [-0.05, 0) is 137 Å². The lowest BCUT2D eigenvalue weighted by atomic mass is 9.67. The van der Waals surface area contributed by atoms with Crippen LogP contribution in [0.4, 0.5) is 17.1 Å². The van der Waals surface area contributed by atoms with Crippen LogP contribution in [-0.2, 0) is 5.41 Å². The minimum atomic E-state index is -0.697. The van der Waals surface area contributed by atoms with E-state index >= 15 is 0 Å². The van der Waals surface area contributed by atoms with Crippen molar-refractivity contribution in [1.29, 1.82) is 0 Å². The van der Waals surface area contributed by atoms with E-state index in [1.807, 2.05) is 65.6 Å². The Balaban J connectivity index is 1.06. The summed E-state index contributed by atoms with van der Waals surface area (Å²) in [5, 5.41) is 2.22. The Hall–Kier alpha value is -8.52. The third-order valence-electron chi connectivity index (χ3n) is 13.2. The molecule has 0 saturated carbocycles. The van der Waals surface area contributed by atoms with Gasteiger partial charge in [0, 0.05) is 17.1 Å². The molecule has 0 aromatic heterocycles. The Kier molecular flexibility index (Phi) is 8.75. The number of nitrogens with zero attached hydrogens (tertiary/aromatic N) is 1. The standard InChI is InChI=1S/C65H45N/c1-4-17-46(18-5-1)50-21-14-22-51(43-50)47-33-37-56(38-34-47)66(57-39-35-48(36-40-57)52-23-15-24-53(44-52)60-31-16-20-49-19-10-11-29-59(49)60)58-41-42-62-61-30-12-13-32-63(61)65(64(62)45-58,54-25-6-2-7-26-54)55-27-8-3-9-28-55/h1-45H/i35D,36D,39D,40D. The quantitative estimate of drug-likeness (QED) is 0.140. The number of anilines is 3. The normalized spacial score (nSPS) is 13.2. The van der Waals surface area contributed by atoms with Crippen LogP contribution in [-0.4, -0.2) is 0 Å². The fourth-order valence-corrected chi connectivity index (χ4v) is 10.2. The van der Waals surface area contributed by atoms with Crippen LogP contribution in [0.15, 0.2) is 273 Å². The van der Waals surface area contributed by atoms with Crippen molar-refractivity contribution in [1.82, 2.24) is 0 Å². The summed E-state index contributed by atoms with van der Waals surface area (Å²) in [6.45, 7) is 0. The van der Waals surface area contributed by atoms with E-state index in [1.54, 1.807) is 0 Å². The van der Waals surface area contributed by atoms with Gasteiger partial charge in [0.2, 0.25) is 0 Å².